The molecule has 0 unspecified atom stereocenters. The molecular weight excluding hydrogens is 285 g/mol. The summed E-state index contributed by atoms with van der Waals surface area (Å²) in [5.74, 6) is -1.74. The highest BCUT2D eigenvalue weighted by atomic mass is 35.5. The molecule has 1 aromatic rings. The van der Waals surface area contributed by atoms with E-state index in [9.17, 15) is 14.0 Å². The van der Waals surface area contributed by atoms with Crippen molar-refractivity contribution in [3.8, 4) is 0 Å². The molecule has 0 saturated carbocycles. The molecule has 5 nitrogen and oxygen atoms in total. The van der Waals surface area contributed by atoms with Crippen LogP contribution in [0.15, 0.2) is 18.2 Å². The molecule has 0 heterocycles. The predicted octanol–water partition coefficient (Wildman–Crippen LogP) is 1.52. The number of nitrogens with one attached hydrogen (secondary N) is 2. The maximum atomic E-state index is 13.5. The largest absolute Gasteiger partial charge is 0.346 e. The van der Waals surface area contributed by atoms with Gasteiger partial charge in [0.1, 0.15) is 0 Å². The minimum atomic E-state index is -0.715. The highest BCUT2D eigenvalue weighted by molar-refractivity contribution is 6.31. The summed E-state index contributed by atoms with van der Waals surface area (Å²) in [6.07, 6.45) is 0. The Bertz CT molecular complexity index is 508. The molecule has 0 aromatic heterocycles. The van der Waals surface area contributed by atoms with Crippen molar-refractivity contribution in [2.75, 3.05) is 11.9 Å². The van der Waals surface area contributed by atoms with Crippen LogP contribution in [0.3, 0.4) is 0 Å². The number of nitrogens with two attached hydrogens (primary N) is 1. The molecule has 0 fully saturated rings. The SMILES string of the molecule is CC(C)[C@H](N)C(=O)NCC(=O)Nc1cccc(Cl)c1F. The number of benzene rings is 1. The zero-order valence-corrected chi connectivity index (χ0v) is 12.0. The molecule has 0 radical (unpaired) electrons. The number of anilines is 1. The first kappa shape index (κ1) is 16.4. The fourth-order valence-corrected chi connectivity index (χ4v) is 1.56. The van der Waals surface area contributed by atoms with E-state index in [1.165, 1.54) is 18.2 Å². The summed E-state index contributed by atoms with van der Waals surface area (Å²) in [6, 6.07) is 3.57. The first-order chi connectivity index (χ1) is 9.32. The number of halogens is 2. The third kappa shape index (κ3) is 4.47. The van der Waals surface area contributed by atoms with Crippen LogP contribution in [0.2, 0.25) is 5.02 Å². The van der Waals surface area contributed by atoms with Gasteiger partial charge >= 0.3 is 0 Å². The van der Waals surface area contributed by atoms with E-state index in [-0.39, 0.29) is 23.2 Å². The molecule has 4 N–H and O–H groups in total. The van der Waals surface area contributed by atoms with Crippen LogP contribution in [0, 0.1) is 11.7 Å². The molecule has 0 aliphatic carbocycles. The molecule has 0 bridgehead atoms. The Morgan fingerprint density at radius 1 is 1.40 bits per heavy atom. The van der Waals surface area contributed by atoms with E-state index in [2.05, 4.69) is 10.6 Å². The van der Waals surface area contributed by atoms with Gasteiger partial charge in [-0.15, -0.1) is 0 Å². The van der Waals surface area contributed by atoms with Crippen LogP contribution in [-0.2, 0) is 9.59 Å². The van der Waals surface area contributed by atoms with Gasteiger partial charge in [0.2, 0.25) is 11.8 Å². The number of carbonyl (C=O) groups is 2. The molecule has 1 atom stereocenters. The third-order valence-corrected chi connectivity index (χ3v) is 2.96. The molecule has 0 aliphatic heterocycles. The predicted molar refractivity (Wildman–Crippen MR) is 75.9 cm³/mol. The maximum Gasteiger partial charge on any atom is 0.243 e. The van der Waals surface area contributed by atoms with Gasteiger partial charge in [0.15, 0.2) is 5.82 Å². The van der Waals surface area contributed by atoms with E-state index in [4.69, 9.17) is 17.3 Å². The van der Waals surface area contributed by atoms with Gasteiger partial charge in [-0.2, -0.15) is 0 Å². The molecule has 0 spiro atoms. The Balaban J connectivity index is 2.53. The number of hydrogen-bond donors (Lipinski definition) is 3. The lowest BCUT2D eigenvalue weighted by atomic mass is 10.1. The highest BCUT2D eigenvalue weighted by Crippen LogP contribution is 2.21. The van der Waals surface area contributed by atoms with Crippen LogP contribution in [0.25, 0.3) is 0 Å². The summed E-state index contributed by atoms with van der Waals surface area (Å²) in [6.45, 7) is 3.31. The standard InChI is InChI=1S/C13H17ClFN3O2/c1-7(2)12(16)13(20)17-6-10(19)18-9-5-3-4-8(14)11(9)15/h3-5,7,12H,6,16H2,1-2H3,(H,17,20)(H,18,19)/t12-/m0/s1. The van der Waals surface area contributed by atoms with E-state index in [0.717, 1.165) is 0 Å². The van der Waals surface area contributed by atoms with Crippen LogP contribution in [0.1, 0.15) is 13.8 Å². The quantitative estimate of drug-likeness (QED) is 0.771. The smallest absolute Gasteiger partial charge is 0.243 e. The second kappa shape index (κ2) is 7.21. The molecular formula is C13H17ClFN3O2. The number of amides is 2. The van der Waals surface area contributed by atoms with E-state index >= 15 is 0 Å². The topological polar surface area (TPSA) is 84.2 Å². The summed E-state index contributed by atoms with van der Waals surface area (Å²) in [5, 5.41) is 4.62. The summed E-state index contributed by atoms with van der Waals surface area (Å²) in [5.41, 5.74) is 5.58. The lowest BCUT2D eigenvalue weighted by Crippen LogP contribution is -2.46. The molecule has 2 amide bonds. The molecule has 20 heavy (non-hydrogen) atoms. The Morgan fingerprint density at radius 3 is 2.65 bits per heavy atom. The zero-order valence-electron chi connectivity index (χ0n) is 11.2. The van der Waals surface area contributed by atoms with Crippen molar-refractivity contribution in [1.29, 1.82) is 0 Å². The molecule has 0 saturated heterocycles. The lowest BCUT2D eigenvalue weighted by Gasteiger charge is -2.15. The van der Waals surface area contributed by atoms with Crippen molar-refractivity contribution in [3.63, 3.8) is 0 Å². The molecule has 7 heteroatoms. The second-order valence-corrected chi connectivity index (χ2v) is 5.04. The van der Waals surface area contributed by atoms with Gasteiger partial charge in [-0.1, -0.05) is 31.5 Å². The fraction of sp³-hybridized carbons (Fsp3) is 0.385. The van der Waals surface area contributed by atoms with Gasteiger partial charge < -0.3 is 16.4 Å². The molecule has 1 rings (SSSR count). The van der Waals surface area contributed by atoms with Gasteiger partial charge in [-0.05, 0) is 18.1 Å². The maximum absolute atomic E-state index is 13.5. The fourth-order valence-electron chi connectivity index (χ4n) is 1.38. The molecule has 110 valence electrons. The summed E-state index contributed by atoms with van der Waals surface area (Å²) < 4.78 is 13.5. The van der Waals surface area contributed by atoms with Gasteiger partial charge in [-0.25, -0.2) is 4.39 Å². The highest BCUT2D eigenvalue weighted by Gasteiger charge is 2.18. The zero-order chi connectivity index (χ0) is 15.3. The van der Waals surface area contributed by atoms with Crippen molar-refractivity contribution in [2.24, 2.45) is 11.7 Å². The van der Waals surface area contributed by atoms with E-state index in [1.807, 2.05) is 0 Å². The Labute approximate surface area is 121 Å². The van der Waals surface area contributed by atoms with Gasteiger partial charge in [0, 0.05) is 0 Å². The van der Waals surface area contributed by atoms with E-state index in [1.54, 1.807) is 13.8 Å². The summed E-state index contributed by atoms with van der Waals surface area (Å²) in [7, 11) is 0. The van der Waals surface area contributed by atoms with Crippen molar-refractivity contribution in [2.45, 2.75) is 19.9 Å². The first-order valence-corrected chi connectivity index (χ1v) is 6.48. The Hall–Kier alpha value is -1.66. The van der Waals surface area contributed by atoms with Crippen LogP contribution in [0.5, 0.6) is 0 Å². The van der Waals surface area contributed by atoms with Crippen LogP contribution >= 0.6 is 11.6 Å². The van der Waals surface area contributed by atoms with Gasteiger partial charge in [0.05, 0.1) is 23.3 Å². The Morgan fingerprint density at radius 2 is 2.05 bits per heavy atom. The molecule has 0 aliphatic rings. The van der Waals surface area contributed by atoms with Crippen molar-refractivity contribution in [3.05, 3.63) is 29.0 Å². The first-order valence-electron chi connectivity index (χ1n) is 6.10. The van der Waals surface area contributed by atoms with Crippen molar-refractivity contribution < 1.29 is 14.0 Å². The van der Waals surface area contributed by atoms with Gasteiger partial charge in [-0.3, -0.25) is 9.59 Å². The van der Waals surface area contributed by atoms with Gasteiger partial charge in [0.25, 0.3) is 0 Å². The minimum absolute atomic E-state index is 0.0371. The number of hydrogen-bond acceptors (Lipinski definition) is 3. The van der Waals surface area contributed by atoms with Crippen LogP contribution in [0.4, 0.5) is 10.1 Å². The molecule has 1 aromatic carbocycles. The Kier molecular flexibility index (Phi) is 5.91. The van der Waals surface area contributed by atoms with E-state index in [0.29, 0.717) is 0 Å². The van der Waals surface area contributed by atoms with E-state index < -0.39 is 23.7 Å². The monoisotopic (exact) mass is 301 g/mol. The summed E-state index contributed by atoms with van der Waals surface area (Å²) in [4.78, 5) is 23.1. The van der Waals surface area contributed by atoms with Crippen molar-refractivity contribution in [1.82, 2.24) is 5.32 Å². The van der Waals surface area contributed by atoms with Crippen LogP contribution < -0.4 is 16.4 Å². The number of rotatable bonds is 5. The third-order valence-electron chi connectivity index (χ3n) is 2.67. The normalized spacial score (nSPS) is 12.1. The average molecular weight is 302 g/mol. The lowest BCUT2D eigenvalue weighted by molar-refractivity contribution is -0.125. The van der Waals surface area contributed by atoms with Crippen LogP contribution in [-0.4, -0.2) is 24.4 Å². The van der Waals surface area contributed by atoms with Crippen molar-refractivity contribution >= 4 is 29.1 Å². The summed E-state index contributed by atoms with van der Waals surface area (Å²) >= 11 is 5.59. The number of carbonyl (C=O) groups excluding carboxylic acids is 2. The second-order valence-electron chi connectivity index (χ2n) is 4.64. The average Bonchev–Trinajstić information content (AvgIpc) is 2.40. The minimum Gasteiger partial charge on any atom is -0.346 e.